The molecule has 0 saturated carbocycles. The lowest BCUT2D eigenvalue weighted by Gasteiger charge is -2.03. The van der Waals surface area contributed by atoms with Crippen molar-refractivity contribution >= 4 is 27.1 Å². The van der Waals surface area contributed by atoms with Crippen molar-refractivity contribution in [2.24, 2.45) is 0 Å². The molecule has 0 radical (unpaired) electrons. The molecule has 2 nitrogen and oxygen atoms in total. The molecule has 1 aromatic heterocycles. The van der Waals surface area contributed by atoms with Crippen LogP contribution in [0, 0.1) is 17.1 Å². The van der Waals surface area contributed by atoms with E-state index in [-0.39, 0.29) is 12.2 Å². The van der Waals surface area contributed by atoms with Crippen molar-refractivity contribution in [1.29, 1.82) is 5.26 Å². The number of halogens is 1. The minimum Gasteiger partial charge on any atom is -0.398 e. The van der Waals surface area contributed by atoms with Gasteiger partial charge in [0.15, 0.2) is 0 Å². The Morgan fingerprint density at radius 2 is 2.36 bits per heavy atom. The molecule has 0 aliphatic carbocycles. The van der Waals surface area contributed by atoms with Crippen LogP contribution in [0.3, 0.4) is 0 Å². The lowest BCUT2D eigenvalue weighted by atomic mass is 10.1. The topological polar surface area (TPSA) is 49.8 Å². The number of nitriles is 1. The summed E-state index contributed by atoms with van der Waals surface area (Å²) >= 11 is 1.32. The van der Waals surface area contributed by atoms with Gasteiger partial charge in [-0.05, 0) is 23.1 Å². The molecule has 2 aromatic rings. The van der Waals surface area contributed by atoms with E-state index in [4.69, 9.17) is 11.0 Å². The lowest BCUT2D eigenvalue weighted by molar-refractivity contribution is 0.642. The number of hydrogen-bond donors (Lipinski definition) is 1. The van der Waals surface area contributed by atoms with E-state index in [1.807, 2.05) is 6.07 Å². The molecule has 4 heteroatoms. The average molecular weight is 206 g/mol. The second-order valence-electron chi connectivity index (χ2n) is 2.92. The van der Waals surface area contributed by atoms with E-state index in [0.29, 0.717) is 10.4 Å². The van der Waals surface area contributed by atoms with Crippen LogP contribution in [0.15, 0.2) is 17.5 Å². The predicted molar refractivity (Wildman–Crippen MR) is 55.5 cm³/mol. The van der Waals surface area contributed by atoms with Gasteiger partial charge in [-0.25, -0.2) is 4.39 Å². The normalized spacial score (nSPS) is 10.3. The molecule has 14 heavy (non-hydrogen) atoms. The van der Waals surface area contributed by atoms with Crippen LogP contribution in [0.25, 0.3) is 10.1 Å². The van der Waals surface area contributed by atoms with Gasteiger partial charge in [-0.3, -0.25) is 0 Å². The Morgan fingerprint density at radius 1 is 1.57 bits per heavy atom. The van der Waals surface area contributed by atoms with Gasteiger partial charge >= 0.3 is 0 Å². The molecular weight excluding hydrogens is 199 g/mol. The fourth-order valence-corrected chi connectivity index (χ4v) is 2.28. The first-order chi connectivity index (χ1) is 6.74. The van der Waals surface area contributed by atoms with Gasteiger partial charge < -0.3 is 5.73 Å². The number of thiophene rings is 1. The Hall–Kier alpha value is -1.60. The zero-order valence-electron chi connectivity index (χ0n) is 7.25. The van der Waals surface area contributed by atoms with Crippen LogP contribution in [-0.4, -0.2) is 0 Å². The molecule has 0 amide bonds. The van der Waals surface area contributed by atoms with E-state index in [0.717, 1.165) is 10.9 Å². The maximum absolute atomic E-state index is 13.3. The number of anilines is 1. The monoisotopic (exact) mass is 206 g/mol. The van der Waals surface area contributed by atoms with Crippen LogP contribution in [0.4, 0.5) is 10.1 Å². The summed E-state index contributed by atoms with van der Waals surface area (Å²) in [6.45, 7) is 0. The zero-order chi connectivity index (χ0) is 10.1. The first-order valence-corrected chi connectivity index (χ1v) is 4.93. The van der Waals surface area contributed by atoms with Crippen molar-refractivity contribution in [3.63, 3.8) is 0 Å². The minimum atomic E-state index is -0.311. The Labute approximate surface area is 84.4 Å². The quantitative estimate of drug-likeness (QED) is 0.729. The summed E-state index contributed by atoms with van der Waals surface area (Å²) in [7, 11) is 0. The molecule has 0 saturated heterocycles. The van der Waals surface area contributed by atoms with Crippen molar-refractivity contribution in [3.05, 3.63) is 28.9 Å². The molecule has 70 valence electrons. The van der Waals surface area contributed by atoms with Gasteiger partial charge in [0.05, 0.1) is 17.2 Å². The number of fused-ring (bicyclic) bond motifs is 1. The lowest BCUT2D eigenvalue weighted by Crippen LogP contribution is -1.95. The third kappa shape index (κ3) is 1.22. The summed E-state index contributed by atoms with van der Waals surface area (Å²) in [5.74, 6) is -0.311. The summed E-state index contributed by atoms with van der Waals surface area (Å²) in [6, 6.07) is 5.11. The first-order valence-electron chi connectivity index (χ1n) is 4.05. The largest absolute Gasteiger partial charge is 0.398 e. The molecule has 1 heterocycles. The Balaban J connectivity index is 2.81. The van der Waals surface area contributed by atoms with Crippen molar-refractivity contribution in [3.8, 4) is 6.07 Å². The van der Waals surface area contributed by atoms with Crippen LogP contribution < -0.4 is 5.73 Å². The third-order valence-electron chi connectivity index (χ3n) is 2.09. The second kappa shape index (κ2) is 3.28. The van der Waals surface area contributed by atoms with E-state index in [1.165, 1.54) is 17.4 Å². The first kappa shape index (κ1) is 8.97. The van der Waals surface area contributed by atoms with Gasteiger partial charge in [-0.1, -0.05) is 0 Å². The van der Waals surface area contributed by atoms with Crippen molar-refractivity contribution in [2.45, 2.75) is 6.42 Å². The van der Waals surface area contributed by atoms with Gasteiger partial charge in [-0.2, -0.15) is 5.26 Å². The number of benzene rings is 1. The van der Waals surface area contributed by atoms with Gasteiger partial charge in [0.25, 0.3) is 0 Å². The molecule has 0 aliphatic rings. The van der Waals surface area contributed by atoms with E-state index < -0.39 is 0 Å². The van der Waals surface area contributed by atoms with E-state index in [9.17, 15) is 4.39 Å². The second-order valence-corrected chi connectivity index (χ2v) is 3.84. The predicted octanol–water partition coefficient (Wildman–Crippen LogP) is 2.69. The number of nitrogen functional groups attached to an aromatic ring is 1. The highest BCUT2D eigenvalue weighted by Gasteiger charge is 2.10. The SMILES string of the molecule is N#CCc1c(N)cc(F)c2sccc12. The molecule has 0 fully saturated rings. The molecule has 0 spiro atoms. The van der Waals surface area contributed by atoms with Gasteiger partial charge in [0.2, 0.25) is 0 Å². The standard InChI is InChI=1S/C10H7FN2S/c11-8-5-9(13)6(1-3-12)7-2-4-14-10(7)8/h2,4-5H,1,13H2. The number of hydrogen-bond acceptors (Lipinski definition) is 3. The molecule has 0 bridgehead atoms. The summed E-state index contributed by atoms with van der Waals surface area (Å²) < 4.78 is 13.9. The molecule has 1 aromatic carbocycles. The fourth-order valence-electron chi connectivity index (χ4n) is 1.45. The molecule has 2 N–H and O–H groups in total. The number of nitrogens with two attached hydrogens (primary N) is 1. The maximum Gasteiger partial charge on any atom is 0.143 e. The van der Waals surface area contributed by atoms with Crippen LogP contribution in [0.1, 0.15) is 5.56 Å². The maximum atomic E-state index is 13.3. The fraction of sp³-hybridized carbons (Fsp3) is 0.100. The van der Waals surface area contributed by atoms with Crippen LogP contribution in [0.5, 0.6) is 0 Å². The Kier molecular flexibility index (Phi) is 2.10. The minimum absolute atomic E-state index is 0.222. The number of rotatable bonds is 1. The summed E-state index contributed by atoms with van der Waals surface area (Å²) in [5.41, 5.74) is 6.73. The van der Waals surface area contributed by atoms with Crippen molar-refractivity contribution in [1.82, 2.24) is 0 Å². The smallest absolute Gasteiger partial charge is 0.143 e. The van der Waals surface area contributed by atoms with Gasteiger partial charge in [0, 0.05) is 11.1 Å². The number of nitrogens with zero attached hydrogens (tertiary/aromatic N) is 1. The Bertz CT molecular complexity index is 525. The highest BCUT2D eigenvalue weighted by Crippen LogP contribution is 2.31. The highest BCUT2D eigenvalue weighted by molar-refractivity contribution is 7.17. The summed E-state index contributed by atoms with van der Waals surface area (Å²) in [6.07, 6.45) is 0.222. The van der Waals surface area contributed by atoms with Gasteiger partial charge in [0.1, 0.15) is 5.82 Å². The molecule has 0 aliphatic heterocycles. The summed E-state index contributed by atoms with van der Waals surface area (Å²) in [5, 5.41) is 11.2. The van der Waals surface area contributed by atoms with E-state index in [1.54, 1.807) is 11.4 Å². The zero-order valence-corrected chi connectivity index (χ0v) is 8.07. The van der Waals surface area contributed by atoms with Crippen molar-refractivity contribution in [2.75, 3.05) is 5.73 Å². The molecule has 0 unspecified atom stereocenters. The molecular formula is C10H7FN2S. The highest BCUT2D eigenvalue weighted by atomic mass is 32.1. The molecule has 2 rings (SSSR count). The Morgan fingerprint density at radius 3 is 3.07 bits per heavy atom. The third-order valence-corrected chi connectivity index (χ3v) is 3.02. The average Bonchev–Trinajstić information content (AvgIpc) is 2.60. The molecule has 0 atom stereocenters. The van der Waals surface area contributed by atoms with Gasteiger partial charge in [-0.15, -0.1) is 11.3 Å². The van der Waals surface area contributed by atoms with Crippen LogP contribution in [-0.2, 0) is 6.42 Å². The summed E-state index contributed by atoms with van der Waals surface area (Å²) in [4.78, 5) is 0. The van der Waals surface area contributed by atoms with Crippen LogP contribution >= 0.6 is 11.3 Å². The van der Waals surface area contributed by atoms with Crippen LogP contribution in [0.2, 0.25) is 0 Å². The van der Waals surface area contributed by atoms with E-state index in [2.05, 4.69) is 0 Å². The van der Waals surface area contributed by atoms with E-state index >= 15 is 0 Å². The van der Waals surface area contributed by atoms with Crippen molar-refractivity contribution < 1.29 is 4.39 Å².